The first kappa shape index (κ1) is 30.4. The molecule has 0 aliphatic rings. The molecule has 0 radical (unpaired) electrons. The summed E-state index contributed by atoms with van der Waals surface area (Å²) in [6, 6.07) is 13.4. The first-order chi connectivity index (χ1) is 20.0. The van der Waals surface area contributed by atoms with Gasteiger partial charge in [0.05, 0.1) is 5.56 Å². The lowest BCUT2D eigenvalue weighted by Crippen LogP contribution is -2.23. The Hall–Kier alpha value is -4.60. The van der Waals surface area contributed by atoms with E-state index in [9.17, 15) is 35.1 Å². The fourth-order valence-electron chi connectivity index (χ4n) is 4.14. The van der Waals surface area contributed by atoms with Gasteiger partial charge in [0.1, 0.15) is 17.4 Å². The molecular weight excluding hydrogens is 568 g/mol. The van der Waals surface area contributed by atoms with Gasteiger partial charge < -0.3 is 9.47 Å². The fraction of sp³-hybridized carbons (Fsp3) is 0.125. The zero-order chi connectivity index (χ0) is 30.4. The van der Waals surface area contributed by atoms with E-state index in [4.69, 9.17) is 4.74 Å². The summed E-state index contributed by atoms with van der Waals surface area (Å²) >= 11 is 0. The SMILES string of the molecule is CC=CCCc1ccc(-c2ccc(C(F)(F)Oc3ccc(-c4cc(F)c(OC=C(F)F)c(F)c4)cc3)c(F)c2)c(F)c1. The second kappa shape index (κ2) is 12.9. The van der Waals surface area contributed by atoms with E-state index in [0.717, 1.165) is 54.4 Å². The van der Waals surface area contributed by atoms with E-state index in [-0.39, 0.29) is 28.5 Å². The summed E-state index contributed by atoms with van der Waals surface area (Å²) in [5.74, 6) is -5.91. The third-order valence-electron chi connectivity index (χ3n) is 6.16. The zero-order valence-electron chi connectivity index (χ0n) is 21.9. The van der Waals surface area contributed by atoms with Gasteiger partial charge in [-0.15, -0.1) is 0 Å². The van der Waals surface area contributed by atoms with Crippen LogP contribution < -0.4 is 9.47 Å². The molecule has 0 spiro atoms. The fourth-order valence-corrected chi connectivity index (χ4v) is 4.14. The van der Waals surface area contributed by atoms with Crippen LogP contribution in [0.2, 0.25) is 0 Å². The van der Waals surface area contributed by atoms with Crippen molar-refractivity contribution in [2.45, 2.75) is 25.9 Å². The maximum Gasteiger partial charge on any atom is 0.429 e. The molecule has 0 aromatic heterocycles. The summed E-state index contributed by atoms with van der Waals surface area (Å²) in [6.07, 6.45) is -1.39. The summed E-state index contributed by atoms with van der Waals surface area (Å²) in [5.41, 5.74) is -0.101. The highest BCUT2D eigenvalue weighted by molar-refractivity contribution is 5.66. The molecule has 10 heteroatoms. The predicted molar refractivity (Wildman–Crippen MR) is 142 cm³/mol. The Kier molecular flexibility index (Phi) is 9.35. The van der Waals surface area contributed by atoms with Gasteiger partial charge in [0, 0.05) is 5.56 Å². The highest BCUT2D eigenvalue weighted by atomic mass is 19.3. The minimum absolute atomic E-state index is 0.0416. The molecule has 0 amide bonds. The van der Waals surface area contributed by atoms with Crippen molar-refractivity contribution in [1.29, 1.82) is 0 Å². The van der Waals surface area contributed by atoms with Gasteiger partial charge in [-0.2, -0.15) is 17.6 Å². The Morgan fingerprint density at radius 2 is 1.38 bits per heavy atom. The Morgan fingerprint density at radius 3 is 1.98 bits per heavy atom. The third-order valence-corrected chi connectivity index (χ3v) is 6.16. The van der Waals surface area contributed by atoms with Crippen LogP contribution in [0.15, 0.2) is 97.3 Å². The molecule has 4 aromatic rings. The van der Waals surface area contributed by atoms with Crippen LogP contribution in [0.3, 0.4) is 0 Å². The Bertz CT molecular complexity index is 1600. The maximum absolute atomic E-state index is 14.9. The minimum Gasteiger partial charge on any atom is -0.453 e. The van der Waals surface area contributed by atoms with Gasteiger partial charge in [0.2, 0.25) is 0 Å². The Balaban J connectivity index is 1.50. The molecule has 0 fully saturated rings. The van der Waals surface area contributed by atoms with E-state index in [1.165, 1.54) is 24.3 Å². The summed E-state index contributed by atoms with van der Waals surface area (Å²) in [5, 5.41) is 0. The predicted octanol–water partition coefficient (Wildman–Crippen LogP) is 10.3. The summed E-state index contributed by atoms with van der Waals surface area (Å²) in [4.78, 5) is 0. The Morgan fingerprint density at radius 1 is 0.738 bits per heavy atom. The second-order valence-electron chi connectivity index (χ2n) is 9.05. The maximum atomic E-state index is 14.9. The average molecular weight is 591 g/mol. The van der Waals surface area contributed by atoms with Gasteiger partial charge in [-0.25, -0.2) is 17.6 Å². The smallest absolute Gasteiger partial charge is 0.429 e. The highest BCUT2D eigenvalue weighted by Gasteiger charge is 2.38. The van der Waals surface area contributed by atoms with E-state index < -0.39 is 52.5 Å². The minimum atomic E-state index is -4.13. The molecule has 0 saturated carbocycles. The van der Waals surface area contributed by atoms with Crippen LogP contribution in [0.1, 0.15) is 24.5 Å². The van der Waals surface area contributed by atoms with Crippen LogP contribution in [0, 0.1) is 23.3 Å². The van der Waals surface area contributed by atoms with E-state index in [1.807, 2.05) is 19.1 Å². The number of alkyl halides is 2. The number of benzene rings is 4. The number of aryl methyl sites for hydroxylation is 1. The van der Waals surface area contributed by atoms with Crippen LogP contribution in [0.4, 0.5) is 35.1 Å². The summed E-state index contributed by atoms with van der Waals surface area (Å²) in [6.45, 7) is 1.88. The topological polar surface area (TPSA) is 18.5 Å². The molecule has 0 heterocycles. The van der Waals surface area contributed by atoms with Crippen molar-refractivity contribution in [2.24, 2.45) is 0 Å². The zero-order valence-corrected chi connectivity index (χ0v) is 21.9. The molecule has 0 bridgehead atoms. The second-order valence-corrected chi connectivity index (χ2v) is 9.05. The first-order valence-electron chi connectivity index (χ1n) is 12.5. The molecule has 4 aromatic carbocycles. The molecule has 0 N–H and O–H groups in total. The van der Waals surface area contributed by atoms with Gasteiger partial charge >= 0.3 is 12.2 Å². The van der Waals surface area contributed by atoms with Crippen molar-refractivity contribution < 1.29 is 44.6 Å². The normalized spacial score (nSPS) is 11.5. The lowest BCUT2D eigenvalue weighted by atomic mass is 9.99. The van der Waals surface area contributed by atoms with Crippen molar-refractivity contribution in [3.8, 4) is 33.8 Å². The molecule has 2 nitrogen and oxygen atoms in total. The van der Waals surface area contributed by atoms with E-state index in [2.05, 4.69) is 4.74 Å². The molecular formula is C32H22F8O2. The molecule has 0 aliphatic heterocycles. The number of rotatable bonds is 10. The third kappa shape index (κ3) is 7.18. The van der Waals surface area contributed by atoms with Crippen molar-refractivity contribution in [3.63, 3.8) is 0 Å². The van der Waals surface area contributed by atoms with Gasteiger partial charge in [-0.3, -0.25) is 0 Å². The quantitative estimate of drug-likeness (QED) is 0.104. The number of halogens is 8. The molecule has 4 rings (SSSR count). The monoisotopic (exact) mass is 590 g/mol. The average Bonchev–Trinajstić information content (AvgIpc) is 2.92. The molecule has 0 atom stereocenters. The van der Waals surface area contributed by atoms with Crippen LogP contribution in [-0.4, -0.2) is 0 Å². The number of ether oxygens (including phenoxy) is 2. The summed E-state index contributed by atoms with van der Waals surface area (Å²) in [7, 11) is 0. The number of hydrogen-bond donors (Lipinski definition) is 0. The van der Waals surface area contributed by atoms with Crippen molar-refractivity contribution in [2.75, 3.05) is 0 Å². The van der Waals surface area contributed by atoms with E-state index >= 15 is 0 Å². The molecule has 42 heavy (non-hydrogen) atoms. The number of hydrogen-bond acceptors (Lipinski definition) is 2. The molecule has 0 unspecified atom stereocenters. The first-order valence-corrected chi connectivity index (χ1v) is 12.5. The van der Waals surface area contributed by atoms with Crippen LogP contribution >= 0.6 is 0 Å². The van der Waals surface area contributed by atoms with Crippen LogP contribution in [-0.2, 0) is 12.5 Å². The van der Waals surface area contributed by atoms with Gasteiger partial charge in [-0.1, -0.05) is 42.5 Å². The van der Waals surface area contributed by atoms with Crippen molar-refractivity contribution in [1.82, 2.24) is 0 Å². The van der Waals surface area contributed by atoms with Gasteiger partial charge in [0.15, 0.2) is 23.6 Å². The van der Waals surface area contributed by atoms with Crippen LogP contribution in [0.5, 0.6) is 11.5 Å². The summed E-state index contributed by atoms with van der Waals surface area (Å²) < 4.78 is 121. The largest absolute Gasteiger partial charge is 0.453 e. The Labute approximate surface area is 236 Å². The van der Waals surface area contributed by atoms with Gasteiger partial charge in [-0.05, 0) is 84.5 Å². The van der Waals surface area contributed by atoms with Gasteiger partial charge in [0.25, 0.3) is 0 Å². The lowest BCUT2D eigenvalue weighted by molar-refractivity contribution is -0.187. The lowest BCUT2D eigenvalue weighted by Gasteiger charge is -2.19. The van der Waals surface area contributed by atoms with Crippen molar-refractivity contribution in [3.05, 3.63) is 132 Å². The van der Waals surface area contributed by atoms with E-state index in [0.29, 0.717) is 6.42 Å². The highest BCUT2D eigenvalue weighted by Crippen LogP contribution is 2.37. The number of allylic oxidation sites excluding steroid dienone is 2. The standard InChI is InChI=1S/C32H22F8O2/c1-2-3-4-5-19-6-12-24(26(33)14-19)21-9-13-25(27(34)15-21)32(39,40)42-23-10-7-20(8-11-23)22-16-28(35)31(29(36)17-22)41-18-30(37)38/h2-3,6-18H,4-5H2,1H3. The van der Waals surface area contributed by atoms with Crippen molar-refractivity contribution >= 4 is 0 Å². The molecule has 0 aliphatic carbocycles. The molecule has 0 saturated heterocycles. The molecule has 218 valence electrons. The van der Waals surface area contributed by atoms with Crippen LogP contribution in [0.25, 0.3) is 22.3 Å². The van der Waals surface area contributed by atoms with E-state index in [1.54, 1.807) is 6.07 Å².